The minimum Gasteiger partial charge on any atom is -0.497 e. The van der Waals surface area contributed by atoms with Gasteiger partial charge in [0.25, 0.3) is 10.1 Å². The molecule has 0 aliphatic heterocycles. The zero-order valence-corrected chi connectivity index (χ0v) is 13.7. The van der Waals surface area contributed by atoms with Crippen molar-refractivity contribution < 1.29 is 26.8 Å². The van der Waals surface area contributed by atoms with Crippen molar-refractivity contribution >= 4 is 10.1 Å². The van der Waals surface area contributed by atoms with E-state index in [0.29, 0.717) is 5.75 Å². The minimum atomic E-state index is -3.94. The van der Waals surface area contributed by atoms with Gasteiger partial charge in [-0.3, -0.25) is 4.18 Å². The number of methoxy groups -OCH3 is 3. The van der Waals surface area contributed by atoms with Crippen molar-refractivity contribution in [1.29, 1.82) is 0 Å². The number of ether oxygens (including phenoxy) is 3. The van der Waals surface area contributed by atoms with Crippen molar-refractivity contribution in [2.45, 2.75) is 11.5 Å². The van der Waals surface area contributed by atoms with Crippen LogP contribution in [0.3, 0.4) is 0 Å². The molecule has 0 radical (unpaired) electrons. The first-order chi connectivity index (χ1) is 11.0. The second-order valence-corrected chi connectivity index (χ2v) is 5.88. The quantitative estimate of drug-likeness (QED) is 0.698. The molecule has 0 aliphatic carbocycles. The van der Waals surface area contributed by atoms with Gasteiger partial charge in [-0.1, -0.05) is 0 Å². The number of rotatable bonds is 7. The monoisotopic (exact) mass is 340 g/mol. The average molecular weight is 340 g/mol. The van der Waals surface area contributed by atoms with E-state index >= 15 is 0 Å². The molecule has 23 heavy (non-hydrogen) atoms. The Labute approximate surface area is 134 Å². The average Bonchev–Trinajstić information content (AvgIpc) is 2.59. The Morgan fingerprint density at radius 3 is 1.96 bits per heavy atom. The van der Waals surface area contributed by atoms with Crippen LogP contribution in [0.2, 0.25) is 0 Å². The molecule has 2 rings (SSSR count). The summed E-state index contributed by atoms with van der Waals surface area (Å²) in [4.78, 5) is 8.01. The molecule has 0 unspecified atom stereocenters. The van der Waals surface area contributed by atoms with E-state index in [1.807, 2.05) is 0 Å². The molecular formula is C14H16N2O6S. The van der Waals surface area contributed by atoms with E-state index in [0.717, 1.165) is 0 Å². The van der Waals surface area contributed by atoms with Gasteiger partial charge in [-0.15, -0.1) is 0 Å². The van der Waals surface area contributed by atoms with Crippen LogP contribution in [-0.4, -0.2) is 39.7 Å². The lowest BCUT2D eigenvalue weighted by Crippen LogP contribution is -2.09. The lowest BCUT2D eigenvalue weighted by Gasteiger charge is -2.08. The lowest BCUT2D eigenvalue weighted by atomic mass is 10.3. The largest absolute Gasteiger partial charge is 0.497 e. The van der Waals surface area contributed by atoms with Gasteiger partial charge in [0, 0.05) is 0 Å². The second-order valence-electron chi connectivity index (χ2n) is 4.26. The fourth-order valence-corrected chi connectivity index (χ4v) is 2.53. The second kappa shape index (κ2) is 7.25. The summed E-state index contributed by atoms with van der Waals surface area (Å²) >= 11 is 0. The fraction of sp³-hybridized carbons (Fsp3) is 0.286. The predicted molar refractivity (Wildman–Crippen MR) is 80.1 cm³/mol. The molecule has 0 spiro atoms. The maximum absolute atomic E-state index is 12.1. The molecule has 0 amide bonds. The zero-order valence-electron chi connectivity index (χ0n) is 12.8. The summed E-state index contributed by atoms with van der Waals surface area (Å²) in [5.41, 5.74) is 0. The number of benzene rings is 1. The molecular weight excluding hydrogens is 324 g/mol. The van der Waals surface area contributed by atoms with Gasteiger partial charge in [0.05, 0.1) is 32.3 Å². The Hall–Kier alpha value is -2.39. The van der Waals surface area contributed by atoms with Crippen molar-refractivity contribution in [3.63, 3.8) is 0 Å². The summed E-state index contributed by atoms with van der Waals surface area (Å²) in [6.07, 6.45) is 0. The third-order valence-electron chi connectivity index (χ3n) is 2.84. The van der Waals surface area contributed by atoms with Crippen LogP contribution >= 0.6 is 0 Å². The standard InChI is InChI=1S/C14H16N2O6S/c1-19-10-4-6-11(7-5-10)23(17,18)22-9-12-15-13(20-2)8-14(16-12)21-3/h4-8H,9H2,1-3H3. The van der Waals surface area contributed by atoms with Crippen molar-refractivity contribution in [2.24, 2.45) is 0 Å². The van der Waals surface area contributed by atoms with Gasteiger partial charge in [0.2, 0.25) is 11.8 Å². The van der Waals surface area contributed by atoms with E-state index in [4.69, 9.17) is 18.4 Å². The molecule has 8 nitrogen and oxygen atoms in total. The van der Waals surface area contributed by atoms with Crippen LogP contribution in [0.4, 0.5) is 0 Å². The van der Waals surface area contributed by atoms with Gasteiger partial charge >= 0.3 is 0 Å². The number of hydrogen-bond donors (Lipinski definition) is 0. The van der Waals surface area contributed by atoms with Crippen LogP contribution in [0.25, 0.3) is 0 Å². The van der Waals surface area contributed by atoms with E-state index in [2.05, 4.69) is 9.97 Å². The summed E-state index contributed by atoms with van der Waals surface area (Å²) in [5, 5.41) is 0. The molecule has 124 valence electrons. The summed E-state index contributed by atoms with van der Waals surface area (Å²) in [7, 11) is 0.416. The molecule has 1 aromatic heterocycles. The molecule has 0 fully saturated rings. The molecule has 0 bridgehead atoms. The van der Waals surface area contributed by atoms with Gasteiger partial charge in [0.15, 0.2) is 5.82 Å². The smallest absolute Gasteiger partial charge is 0.297 e. The minimum absolute atomic E-state index is 0.00756. The molecule has 0 saturated carbocycles. The zero-order chi connectivity index (χ0) is 16.9. The Morgan fingerprint density at radius 1 is 0.913 bits per heavy atom. The third-order valence-corrected chi connectivity index (χ3v) is 4.11. The maximum atomic E-state index is 12.1. The van der Waals surface area contributed by atoms with Crippen molar-refractivity contribution in [3.05, 3.63) is 36.2 Å². The van der Waals surface area contributed by atoms with Crippen LogP contribution in [0.15, 0.2) is 35.2 Å². The highest BCUT2D eigenvalue weighted by Crippen LogP contribution is 2.19. The highest BCUT2D eigenvalue weighted by atomic mass is 32.2. The maximum Gasteiger partial charge on any atom is 0.297 e. The topological polar surface area (TPSA) is 96.8 Å². The molecule has 2 aromatic rings. The van der Waals surface area contributed by atoms with Crippen molar-refractivity contribution in [3.8, 4) is 17.5 Å². The van der Waals surface area contributed by atoms with E-state index in [1.165, 1.54) is 51.7 Å². The SMILES string of the molecule is COc1ccc(S(=O)(=O)OCc2nc(OC)cc(OC)n2)cc1. The molecule has 1 heterocycles. The Bertz CT molecular complexity index is 739. The molecule has 0 N–H and O–H groups in total. The van der Waals surface area contributed by atoms with Crippen LogP contribution in [-0.2, 0) is 20.9 Å². The van der Waals surface area contributed by atoms with Crippen LogP contribution in [0.1, 0.15) is 5.82 Å². The molecule has 0 saturated heterocycles. The Morgan fingerprint density at radius 2 is 1.48 bits per heavy atom. The van der Waals surface area contributed by atoms with Gasteiger partial charge in [-0.25, -0.2) is 0 Å². The van der Waals surface area contributed by atoms with E-state index in [-0.39, 0.29) is 29.1 Å². The first kappa shape index (κ1) is 17.0. The van der Waals surface area contributed by atoms with Gasteiger partial charge < -0.3 is 14.2 Å². The number of aromatic nitrogens is 2. The Balaban J connectivity index is 2.15. The van der Waals surface area contributed by atoms with Crippen LogP contribution in [0, 0.1) is 0 Å². The summed E-state index contributed by atoms with van der Waals surface area (Å²) in [6, 6.07) is 7.31. The molecule has 9 heteroatoms. The van der Waals surface area contributed by atoms with Crippen LogP contribution in [0.5, 0.6) is 17.5 Å². The van der Waals surface area contributed by atoms with E-state index < -0.39 is 10.1 Å². The number of nitrogens with zero attached hydrogens (tertiary/aromatic N) is 2. The first-order valence-corrected chi connectivity index (χ1v) is 7.88. The highest BCUT2D eigenvalue weighted by Gasteiger charge is 2.17. The molecule has 0 atom stereocenters. The number of hydrogen-bond acceptors (Lipinski definition) is 8. The predicted octanol–water partition coefficient (Wildman–Crippen LogP) is 1.41. The third kappa shape index (κ3) is 4.30. The van der Waals surface area contributed by atoms with Gasteiger partial charge in [-0.05, 0) is 24.3 Å². The lowest BCUT2D eigenvalue weighted by molar-refractivity contribution is 0.290. The van der Waals surface area contributed by atoms with Crippen molar-refractivity contribution in [2.75, 3.05) is 21.3 Å². The summed E-state index contributed by atoms with van der Waals surface area (Å²) < 4.78 is 44.2. The Kier molecular flexibility index (Phi) is 5.35. The van der Waals surface area contributed by atoms with Gasteiger partial charge in [-0.2, -0.15) is 18.4 Å². The highest BCUT2D eigenvalue weighted by molar-refractivity contribution is 7.86. The summed E-state index contributed by atoms with van der Waals surface area (Å²) in [6.45, 7) is -0.345. The van der Waals surface area contributed by atoms with E-state index in [9.17, 15) is 8.42 Å². The van der Waals surface area contributed by atoms with Crippen LogP contribution < -0.4 is 14.2 Å². The molecule has 0 aliphatic rings. The fourth-order valence-electron chi connectivity index (χ4n) is 1.66. The normalized spacial score (nSPS) is 11.1. The van der Waals surface area contributed by atoms with Crippen molar-refractivity contribution in [1.82, 2.24) is 9.97 Å². The summed E-state index contributed by atoms with van der Waals surface area (Å²) in [5.74, 6) is 1.16. The first-order valence-electron chi connectivity index (χ1n) is 6.48. The van der Waals surface area contributed by atoms with E-state index in [1.54, 1.807) is 0 Å². The molecule has 1 aromatic carbocycles. The van der Waals surface area contributed by atoms with Gasteiger partial charge in [0.1, 0.15) is 12.4 Å².